The molecule has 1 fully saturated rings. The van der Waals surface area contributed by atoms with E-state index in [1.807, 2.05) is 18.2 Å². The maximum atomic E-state index is 11.6. The van der Waals surface area contributed by atoms with Gasteiger partial charge in [0.2, 0.25) is 0 Å². The molecule has 0 saturated carbocycles. The van der Waals surface area contributed by atoms with Crippen LogP contribution in [0.5, 0.6) is 0 Å². The number of rotatable bonds is 2. The summed E-state index contributed by atoms with van der Waals surface area (Å²) in [4.78, 5) is 16.9. The molecule has 3 heteroatoms. The lowest BCUT2D eigenvalue weighted by molar-refractivity contribution is -0.114. The minimum Gasteiger partial charge on any atom is -0.364 e. The van der Waals surface area contributed by atoms with Crippen molar-refractivity contribution in [3.8, 4) is 0 Å². The number of nitrogens with zero attached hydrogens (tertiary/aromatic N) is 1. The molecule has 2 rings (SSSR count). The second-order valence-corrected chi connectivity index (χ2v) is 3.54. The van der Waals surface area contributed by atoms with Crippen LogP contribution in [0, 0.1) is 6.42 Å². The zero-order chi connectivity index (χ0) is 10.5. The summed E-state index contributed by atoms with van der Waals surface area (Å²) >= 11 is 0. The van der Waals surface area contributed by atoms with Gasteiger partial charge in [0.1, 0.15) is 0 Å². The first-order chi connectivity index (χ1) is 7.36. The number of benzene rings is 1. The lowest BCUT2D eigenvalue weighted by atomic mass is 10.2. The van der Waals surface area contributed by atoms with Crippen LogP contribution in [-0.4, -0.2) is 24.1 Å². The molecule has 1 aliphatic heterocycles. The van der Waals surface area contributed by atoms with Crippen molar-refractivity contribution >= 4 is 5.97 Å². The van der Waals surface area contributed by atoms with Gasteiger partial charge < -0.3 is 4.84 Å². The van der Waals surface area contributed by atoms with Gasteiger partial charge in [-0.2, -0.15) is 0 Å². The van der Waals surface area contributed by atoms with Crippen LogP contribution in [0.25, 0.3) is 0 Å². The van der Waals surface area contributed by atoms with Crippen molar-refractivity contribution in [1.82, 2.24) is 5.06 Å². The van der Waals surface area contributed by atoms with E-state index in [0.717, 1.165) is 25.9 Å². The minimum atomic E-state index is -0.266. The summed E-state index contributed by atoms with van der Waals surface area (Å²) in [5, 5.41) is 1.73. The second-order valence-electron chi connectivity index (χ2n) is 3.54. The first kappa shape index (κ1) is 10.2. The van der Waals surface area contributed by atoms with Gasteiger partial charge in [-0.05, 0) is 31.4 Å². The highest BCUT2D eigenvalue weighted by Gasteiger charge is 2.15. The highest BCUT2D eigenvalue weighted by atomic mass is 16.7. The summed E-state index contributed by atoms with van der Waals surface area (Å²) in [5.41, 5.74) is 0.604. The van der Waals surface area contributed by atoms with Gasteiger partial charge in [-0.3, -0.25) is 0 Å². The third kappa shape index (κ3) is 2.80. The van der Waals surface area contributed by atoms with Gasteiger partial charge in [0.05, 0.1) is 5.56 Å². The predicted octanol–water partition coefficient (Wildman–Crippen LogP) is 2.06. The maximum absolute atomic E-state index is 11.6. The highest BCUT2D eigenvalue weighted by molar-refractivity contribution is 5.89. The predicted molar refractivity (Wildman–Crippen MR) is 57.0 cm³/mol. The van der Waals surface area contributed by atoms with Gasteiger partial charge in [-0.15, -0.1) is 5.06 Å². The monoisotopic (exact) mass is 204 g/mol. The van der Waals surface area contributed by atoms with Crippen molar-refractivity contribution in [2.45, 2.75) is 12.8 Å². The van der Waals surface area contributed by atoms with Crippen LogP contribution in [0.15, 0.2) is 30.3 Å². The molecule has 1 aliphatic rings. The second kappa shape index (κ2) is 4.94. The molecular weight excluding hydrogens is 190 g/mol. The topological polar surface area (TPSA) is 29.5 Å². The Morgan fingerprint density at radius 2 is 1.80 bits per heavy atom. The van der Waals surface area contributed by atoms with E-state index in [9.17, 15) is 4.79 Å². The van der Waals surface area contributed by atoms with Gasteiger partial charge in [0.25, 0.3) is 0 Å². The Hall–Kier alpha value is -1.35. The maximum Gasteiger partial charge on any atom is 0.357 e. The van der Waals surface area contributed by atoms with E-state index in [2.05, 4.69) is 6.42 Å². The van der Waals surface area contributed by atoms with Crippen LogP contribution in [0.3, 0.4) is 0 Å². The van der Waals surface area contributed by atoms with E-state index in [0.29, 0.717) is 5.56 Å². The van der Waals surface area contributed by atoms with E-state index >= 15 is 0 Å². The number of hydrogen-bond donors (Lipinski definition) is 0. The Morgan fingerprint density at radius 3 is 2.47 bits per heavy atom. The van der Waals surface area contributed by atoms with Crippen LogP contribution in [0.2, 0.25) is 0 Å². The normalized spacial score (nSPS) is 17.3. The van der Waals surface area contributed by atoms with Gasteiger partial charge in [0, 0.05) is 13.1 Å². The largest absolute Gasteiger partial charge is 0.364 e. The van der Waals surface area contributed by atoms with Gasteiger partial charge in [-0.1, -0.05) is 18.2 Å². The molecule has 1 aromatic carbocycles. The molecule has 0 bridgehead atoms. The lowest BCUT2D eigenvalue weighted by Crippen LogP contribution is -2.32. The summed E-state index contributed by atoms with van der Waals surface area (Å²) < 4.78 is 0. The van der Waals surface area contributed by atoms with Gasteiger partial charge in [0.15, 0.2) is 0 Å². The van der Waals surface area contributed by atoms with E-state index in [4.69, 9.17) is 4.84 Å². The molecule has 3 nitrogen and oxygen atoms in total. The highest BCUT2D eigenvalue weighted by Crippen LogP contribution is 2.10. The lowest BCUT2D eigenvalue weighted by Gasteiger charge is -2.24. The van der Waals surface area contributed by atoms with Crippen LogP contribution in [-0.2, 0) is 4.84 Å². The summed E-state index contributed by atoms with van der Waals surface area (Å²) in [6.45, 7) is 1.61. The third-order valence-electron chi connectivity index (χ3n) is 2.39. The fraction of sp³-hybridized carbons (Fsp3) is 0.333. The molecule has 1 saturated heterocycles. The number of piperidine rings is 1. The number of carbonyl (C=O) groups is 1. The zero-order valence-corrected chi connectivity index (χ0v) is 8.56. The van der Waals surface area contributed by atoms with E-state index < -0.39 is 0 Å². The summed E-state index contributed by atoms with van der Waals surface area (Å²) in [6.07, 6.45) is 4.19. The molecule has 1 heterocycles. The molecule has 15 heavy (non-hydrogen) atoms. The van der Waals surface area contributed by atoms with Gasteiger partial charge >= 0.3 is 5.97 Å². The summed E-state index contributed by atoms with van der Waals surface area (Å²) in [5.74, 6) is -0.266. The Balaban J connectivity index is 1.91. The quantitative estimate of drug-likeness (QED) is 0.738. The van der Waals surface area contributed by atoms with Crippen molar-refractivity contribution in [3.63, 3.8) is 0 Å². The molecule has 0 spiro atoms. The standard InChI is InChI=1S/C12H14NO2/c14-12(11-7-3-1-4-8-11)15-13-9-5-2-6-10-13/h1-4,7-8H,5-6,9-10H2. The van der Waals surface area contributed by atoms with Crippen LogP contribution in [0.1, 0.15) is 23.2 Å². The Kier molecular flexibility index (Phi) is 3.35. The molecular formula is C12H14NO2. The first-order valence-electron chi connectivity index (χ1n) is 5.20. The molecule has 0 atom stereocenters. The first-order valence-corrected chi connectivity index (χ1v) is 5.20. The van der Waals surface area contributed by atoms with Crippen LogP contribution < -0.4 is 0 Å². The van der Waals surface area contributed by atoms with E-state index in [1.54, 1.807) is 17.2 Å². The zero-order valence-electron chi connectivity index (χ0n) is 8.56. The molecule has 0 unspecified atom stereocenters. The molecule has 1 aromatic rings. The SMILES string of the molecule is O=C(ON1CC[CH]CC1)c1ccccc1. The Labute approximate surface area is 89.6 Å². The van der Waals surface area contributed by atoms with Gasteiger partial charge in [-0.25, -0.2) is 4.79 Å². The fourth-order valence-corrected chi connectivity index (χ4v) is 1.56. The molecule has 1 radical (unpaired) electrons. The fourth-order valence-electron chi connectivity index (χ4n) is 1.56. The van der Waals surface area contributed by atoms with Crippen molar-refractivity contribution in [2.24, 2.45) is 0 Å². The van der Waals surface area contributed by atoms with Crippen LogP contribution in [0.4, 0.5) is 0 Å². The Bertz CT molecular complexity index is 318. The van der Waals surface area contributed by atoms with Crippen LogP contribution >= 0.6 is 0 Å². The molecule has 0 aliphatic carbocycles. The Morgan fingerprint density at radius 1 is 1.13 bits per heavy atom. The molecule has 79 valence electrons. The third-order valence-corrected chi connectivity index (χ3v) is 2.39. The van der Waals surface area contributed by atoms with Crippen molar-refractivity contribution < 1.29 is 9.63 Å². The number of hydrogen-bond acceptors (Lipinski definition) is 3. The smallest absolute Gasteiger partial charge is 0.357 e. The van der Waals surface area contributed by atoms with Crippen molar-refractivity contribution in [1.29, 1.82) is 0 Å². The molecule has 0 aromatic heterocycles. The number of carbonyl (C=O) groups excluding carboxylic acids is 1. The molecule has 0 amide bonds. The van der Waals surface area contributed by atoms with Crippen molar-refractivity contribution in [3.05, 3.63) is 42.3 Å². The molecule has 0 N–H and O–H groups in total. The van der Waals surface area contributed by atoms with Crippen molar-refractivity contribution in [2.75, 3.05) is 13.1 Å². The minimum absolute atomic E-state index is 0.266. The number of hydroxylamine groups is 2. The summed E-state index contributed by atoms with van der Waals surface area (Å²) in [6, 6.07) is 9.07. The average Bonchev–Trinajstić information content (AvgIpc) is 2.31. The average molecular weight is 204 g/mol. The van der Waals surface area contributed by atoms with E-state index in [1.165, 1.54) is 0 Å². The van der Waals surface area contributed by atoms with E-state index in [-0.39, 0.29) is 5.97 Å². The summed E-state index contributed by atoms with van der Waals surface area (Å²) in [7, 11) is 0.